The van der Waals surface area contributed by atoms with Crippen LogP contribution in [0.5, 0.6) is 0 Å². The van der Waals surface area contributed by atoms with E-state index < -0.39 is 6.09 Å². The number of hydrogen-bond acceptors (Lipinski definition) is 5. The van der Waals surface area contributed by atoms with E-state index in [1.807, 2.05) is 42.5 Å². The molecule has 2 aromatic carbocycles. The number of benzene rings is 2. The number of likely N-dealkylation sites (tertiary alicyclic amines) is 1. The molecule has 0 aromatic heterocycles. The Labute approximate surface area is 189 Å². The summed E-state index contributed by atoms with van der Waals surface area (Å²) in [5.41, 5.74) is 3.22. The van der Waals surface area contributed by atoms with Crippen molar-refractivity contribution in [2.24, 2.45) is 0 Å². The van der Waals surface area contributed by atoms with Crippen molar-refractivity contribution in [3.8, 4) is 0 Å². The van der Waals surface area contributed by atoms with Gasteiger partial charge in [0.05, 0.1) is 6.10 Å². The second-order valence-electron chi connectivity index (χ2n) is 8.19. The van der Waals surface area contributed by atoms with Crippen molar-refractivity contribution < 1.29 is 19.4 Å². The van der Waals surface area contributed by atoms with Crippen molar-refractivity contribution in [3.05, 3.63) is 71.3 Å². The van der Waals surface area contributed by atoms with Gasteiger partial charge in [-0.05, 0) is 36.0 Å². The standard InChI is InChI=1S/C25H33N3O4/c29-23-12-15-28(16-13-23)18-21-10-8-20(9-11-21)17-27-24(30)7-4-14-26-25(31)32-19-22-5-2-1-3-6-22/h1-3,5-6,8-11,23,29H,4,7,12-19H2,(H,26,31)(H,27,30). The fraction of sp³-hybridized carbons (Fsp3) is 0.440. The molecule has 1 aliphatic heterocycles. The molecule has 7 nitrogen and oxygen atoms in total. The zero-order valence-electron chi connectivity index (χ0n) is 18.5. The first-order valence-electron chi connectivity index (χ1n) is 11.3. The monoisotopic (exact) mass is 439 g/mol. The summed E-state index contributed by atoms with van der Waals surface area (Å²) >= 11 is 0. The van der Waals surface area contributed by atoms with Crippen LogP contribution in [0, 0.1) is 0 Å². The number of carbonyl (C=O) groups is 2. The molecule has 7 heteroatoms. The summed E-state index contributed by atoms with van der Waals surface area (Å²) in [6.45, 7) is 3.86. The van der Waals surface area contributed by atoms with Gasteiger partial charge in [-0.3, -0.25) is 9.69 Å². The Morgan fingerprint density at radius 2 is 1.62 bits per heavy atom. The zero-order chi connectivity index (χ0) is 22.6. The Morgan fingerprint density at radius 3 is 2.34 bits per heavy atom. The van der Waals surface area contributed by atoms with E-state index in [0.717, 1.165) is 43.6 Å². The lowest BCUT2D eigenvalue weighted by Gasteiger charge is -2.29. The number of nitrogens with one attached hydrogen (secondary N) is 2. The van der Waals surface area contributed by atoms with Crippen LogP contribution >= 0.6 is 0 Å². The van der Waals surface area contributed by atoms with Gasteiger partial charge >= 0.3 is 6.09 Å². The molecule has 1 heterocycles. The summed E-state index contributed by atoms with van der Waals surface area (Å²) in [5, 5.41) is 15.2. The Kier molecular flexibility index (Phi) is 9.53. The van der Waals surface area contributed by atoms with Gasteiger partial charge in [0.15, 0.2) is 0 Å². The van der Waals surface area contributed by atoms with E-state index in [9.17, 15) is 14.7 Å². The van der Waals surface area contributed by atoms with Gasteiger partial charge in [-0.1, -0.05) is 54.6 Å². The molecule has 0 spiro atoms. The Bertz CT molecular complexity index is 834. The number of alkyl carbamates (subject to hydrolysis) is 1. The van der Waals surface area contributed by atoms with Gasteiger partial charge in [-0.15, -0.1) is 0 Å². The molecular formula is C25H33N3O4. The lowest BCUT2D eigenvalue weighted by Crippen LogP contribution is -2.35. The molecule has 0 radical (unpaired) electrons. The van der Waals surface area contributed by atoms with Crippen molar-refractivity contribution in [3.63, 3.8) is 0 Å². The third-order valence-corrected chi connectivity index (χ3v) is 5.54. The second kappa shape index (κ2) is 12.8. The molecule has 172 valence electrons. The van der Waals surface area contributed by atoms with E-state index in [1.165, 1.54) is 5.56 Å². The molecule has 32 heavy (non-hydrogen) atoms. The number of carbonyl (C=O) groups excluding carboxylic acids is 2. The number of rotatable bonds is 10. The van der Waals surface area contributed by atoms with Crippen molar-refractivity contribution in [2.45, 2.75) is 51.5 Å². The summed E-state index contributed by atoms with van der Waals surface area (Å²) in [6, 6.07) is 17.8. The molecule has 0 bridgehead atoms. The normalized spacial score (nSPS) is 14.7. The third kappa shape index (κ3) is 8.69. The molecule has 1 saturated heterocycles. The molecule has 0 unspecified atom stereocenters. The highest BCUT2D eigenvalue weighted by Crippen LogP contribution is 2.14. The van der Waals surface area contributed by atoms with E-state index >= 15 is 0 Å². The van der Waals surface area contributed by atoms with Gasteiger partial charge in [-0.2, -0.15) is 0 Å². The van der Waals surface area contributed by atoms with Gasteiger partial charge in [0.1, 0.15) is 6.61 Å². The first-order chi connectivity index (χ1) is 15.6. The predicted molar refractivity (Wildman–Crippen MR) is 123 cm³/mol. The Balaban J connectivity index is 1.25. The Morgan fingerprint density at radius 1 is 0.938 bits per heavy atom. The highest BCUT2D eigenvalue weighted by atomic mass is 16.5. The highest BCUT2D eigenvalue weighted by Gasteiger charge is 2.16. The largest absolute Gasteiger partial charge is 0.445 e. The van der Waals surface area contributed by atoms with Gasteiger partial charge < -0.3 is 20.5 Å². The number of aliphatic hydroxyl groups excluding tert-OH is 1. The van der Waals surface area contributed by atoms with Crippen molar-refractivity contribution in [2.75, 3.05) is 19.6 Å². The molecule has 3 N–H and O–H groups in total. The molecular weight excluding hydrogens is 406 g/mol. The lowest BCUT2D eigenvalue weighted by molar-refractivity contribution is -0.121. The predicted octanol–water partition coefficient (Wildman–Crippen LogP) is 2.97. The molecule has 1 aliphatic rings. The van der Waals surface area contributed by atoms with E-state index in [-0.39, 0.29) is 18.6 Å². The van der Waals surface area contributed by atoms with Gasteiger partial charge in [-0.25, -0.2) is 4.79 Å². The van der Waals surface area contributed by atoms with Crippen LogP contribution in [0.4, 0.5) is 4.79 Å². The minimum absolute atomic E-state index is 0.0413. The maximum atomic E-state index is 12.0. The van der Waals surface area contributed by atoms with Gasteiger partial charge in [0, 0.05) is 39.1 Å². The number of aliphatic hydroxyl groups is 1. The third-order valence-electron chi connectivity index (χ3n) is 5.54. The van der Waals surface area contributed by atoms with Gasteiger partial charge in [0.2, 0.25) is 5.91 Å². The van der Waals surface area contributed by atoms with Gasteiger partial charge in [0.25, 0.3) is 0 Å². The average Bonchev–Trinajstić information content (AvgIpc) is 2.82. The number of piperidine rings is 1. The molecule has 1 fully saturated rings. The van der Waals surface area contributed by atoms with Crippen LogP contribution in [-0.2, 0) is 29.2 Å². The van der Waals surface area contributed by atoms with Crippen molar-refractivity contribution in [1.82, 2.24) is 15.5 Å². The topological polar surface area (TPSA) is 90.9 Å². The minimum Gasteiger partial charge on any atom is -0.445 e. The molecule has 0 atom stereocenters. The van der Waals surface area contributed by atoms with E-state index in [0.29, 0.717) is 25.9 Å². The van der Waals surface area contributed by atoms with Crippen molar-refractivity contribution >= 4 is 12.0 Å². The smallest absolute Gasteiger partial charge is 0.407 e. The SMILES string of the molecule is O=C(CCCNC(=O)OCc1ccccc1)NCc1ccc(CN2CCC(O)CC2)cc1. The summed E-state index contributed by atoms with van der Waals surface area (Å²) in [4.78, 5) is 26.1. The maximum Gasteiger partial charge on any atom is 0.407 e. The number of amides is 2. The quantitative estimate of drug-likeness (QED) is 0.495. The average molecular weight is 440 g/mol. The number of hydrogen-bond donors (Lipinski definition) is 3. The van der Waals surface area contributed by atoms with Crippen LogP contribution in [0.2, 0.25) is 0 Å². The number of nitrogens with zero attached hydrogens (tertiary/aromatic N) is 1. The first kappa shape index (κ1) is 23.8. The van der Waals surface area contributed by atoms with Crippen LogP contribution in [0.3, 0.4) is 0 Å². The lowest BCUT2D eigenvalue weighted by atomic mass is 10.1. The molecule has 0 saturated carbocycles. The zero-order valence-corrected chi connectivity index (χ0v) is 18.5. The summed E-state index contributed by atoms with van der Waals surface area (Å²) in [7, 11) is 0. The molecule has 3 rings (SSSR count). The first-order valence-corrected chi connectivity index (χ1v) is 11.3. The minimum atomic E-state index is -0.477. The summed E-state index contributed by atoms with van der Waals surface area (Å²) in [5.74, 6) is -0.0413. The maximum absolute atomic E-state index is 12.0. The van der Waals surface area contributed by atoms with E-state index in [1.54, 1.807) is 0 Å². The van der Waals surface area contributed by atoms with Crippen LogP contribution in [0.1, 0.15) is 42.4 Å². The van der Waals surface area contributed by atoms with Crippen LogP contribution < -0.4 is 10.6 Å². The molecule has 0 aliphatic carbocycles. The Hall–Kier alpha value is -2.90. The van der Waals surface area contributed by atoms with Crippen molar-refractivity contribution in [1.29, 1.82) is 0 Å². The van der Waals surface area contributed by atoms with E-state index in [2.05, 4.69) is 27.7 Å². The fourth-order valence-electron chi connectivity index (χ4n) is 3.60. The summed E-state index contributed by atoms with van der Waals surface area (Å²) in [6.07, 6.45) is 1.95. The van der Waals surface area contributed by atoms with Crippen LogP contribution in [0.15, 0.2) is 54.6 Å². The fourth-order valence-corrected chi connectivity index (χ4v) is 3.60. The van der Waals surface area contributed by atoms with E-state index in [4.69, 9.17) is 4.74 Å². The van der Waals surface area contributed by atoms with Crippen LogP contribution in [-0.4, -0.2) is 47.7 Å². The van der Waals surface area contributed by atoms with Crippen LogP contribution in [0.25, 0.3) is 0 Å². The summed E-state index contributed by atoms with van der Waals surface area (Å²) < 4.78 is 5.14. The molecule has 2 aromatic rings. The number of ether oxygens (including phenoxy) is 1. The highest BCUT2D eigenvalue weighted by molar-refractivity contribution is 5.76. The second-order valence-corrected chi connectivity index (χ2v) is 8.19. The molecule has 2 amide bonds.